The maximum atomic E-state index is 10.7. The molecule has 0 saturated heterocycles. The van der Waals surface area contributed by atoms with Crippen molar-refractivity contribution in [1.29, 1.82) is 5.26 Å². The second-order valence-corrected chi connectivity index (χ2v) is 14.6. The van der Waals surface area contributed by atoms with E-state index in [1.807, 2.05) is 176 Å². The van der Waals surface area contributed by atoms with Gasteiger partial charge in [-0.15, -0.1) is 0 Å². The minimum Gasteiger partial charge on any atom is -0.208 e. The third-order valence-electron chi connectivity index (χ3n) is 10.7. The highest BCUT2D eigenvalue weighted by Gasteiger charge is 2.21. The van der Waals surface area contributed by atoms with Crippen LogP contribution in [-0.4, -0.2) is 29.9 Å². The molecule has 0 atom stereocenters. The molecule has 0 aliphatic heterocycles. The third-order valence-corrected chi connectivity index (χ3v) is 10.7. The van der Waals surface area contributed by atoms with E-state index in [4.69, 9.17) is 29.9 Å². The fraction of sp³-hybridized carbons (Fsp3) is 0. The van der Waals surface area contributed by atoms with Gasteiger partial charge in [-0.3, -0.25) is 0 Å². The van der Waals surface area contributed by atoms with E-state index in [0.717, 1.165) is 66.8 Å². The summed E-state index contributed by atoms with van der Waals surface area (Å²) in [4.78, 5) is 30.1. The average molecular weight is 794 g/mol. The minimum absolute atomic E-state index is 0.534. The molecule has 0 unspecified atom stereocenters. The molecule has 0 radical (unpaired) electrons. The second-order valence-electron chi connectivity index (χ2n) is 14.6. The molecule has 62 heavy (non-hydrogen) atoms. The lowest BCUT2D eigenvalue weighted by Crippen LogP contribution is -2.01. The van der Waals surface area contributed by atoms with Gasteiger partial charge in [-0.2, -0.15) is 5.26 Å². The molecule has 0 fully saturated rings. The first kappa shape index (κ1) is 37.5. The van der Waals surface area contributed by atoms with Crippen LogP contribution in [0.5, 0.6) is 0 Å². The fourth-order valence-corrected chi connectivity index (χ4v) is 7.72. The van der Waals surface area contributed by atoms with Crippen LogP contribution in [0.15, 0.2) is 212 Å². The maximum absolute atomic E-state index is 10.7. The average Bonchev–Trinajstić information content (AvgIpc) is 3.37. The lowest BCUT2D eigenvalue weighted by Gasteiger charge is -2.17. The molecule has 7 nitrogen and oxygen atoms in total. The van der Waals surface area contributed by atoms with Crippen LogP contribution in [0.2, 0.25) is 0 Å². The third kappa shape index (κ3) is 7.52. The van der Waals surface area contributed by atoms with E-state index in [1.54, 1.807) is 0 Å². The van der Waals surface area contributed by atoms with E-state index in [2.05, 4.69) is 42.5 Å². The van der Waals surface area contributed by atoms with Crippen molar-refractivity contribution >= 4 is 0 Å². The fourth-order valence-electron chi connectivity index (χ4n) is 7.72. The van der Waals surface area contributed by atoms with Crippen molar-refractivity contribution in [3.05, 3.63) is 218 Å². The van der Waals surface area contributed by atoms with Gasteiger partial charge in [-0.05, 0) is 39.9 Å². The Labute approximate surface area is 359 Å². The number of rotatable bonds is 9. The van der Waals surface area contributed by atoms with E-state index < -0.39 is 0 Å². The molecule has 0 bridgehead atoms. The predicted octanol–water partition coefficient (Wildman–Crippen LogP) is 12.9. The molecule has 2 heterocycles. The van der Waals surface area contributed by atoms with E-state index >= 15 is 0 Å². The van der Waals surface area contributed by atoms with Crippen molar-refractivity contribution in [3.8, 4) is 108 Å². The van der Waals surface area contributed by atoms with Gasteiger partial charge in [-0.25, -0.2) is 29.9 Å². The van der Waals surface area contributed by atoms with Gasteiger partial charge in [0.05, 0.1) is 11.6 Å². The van der Waals surface area contributed by atoms with Crippen molar-refractivity contribution in [2.24, 2.45) is 0 Å². The van der Waals surface area contributed by atoms with E-state index in [0.29, 0.717) is 40.5 Å². The Kier molecular flexibility index (Phi) is 10.2. The van der Waals surface area contributed by atoms with Crippen LogP contribution < -0.4 is 0 Å². The van der Waals surface area contributed by atoms with Crippen molar-refractivity contribution in [1.82, 2.24) is 29.9 Å². The molecule has 0 aliphatic rings. The van der Waals surface area contributed by atoms with Crippen LogP contribution in [0.1, 0.15) is 5.56 Å². The summed E-state index contributed by atoms with van der Waals surface area (Å²) in [5, 5.41) is 10.7. The summed E-state index contributed by atoms with van der Waals surface area (Å²) in [5.41, 5.74) is 11.2. The molecule has 0 spiro atoms. The van der Waals surface area contributed by atoms with Crippen LogP contribution in [0.3, 0.4) is 0 Å². The Hall–Kier alpha value is -8.73. The summed E-state index contributed by atoms with van der Waals surface area (Å²) in [6.45, 7) is 0. The monoisotopic (exact) mass is 793 g/mol. The van der Waals surface area contributed by atoms with Crippen molar-refractivity contribution in [2.45, 2.75) is 0 Å². The molecule has 0 amide bonds. The molecule has 7 heteroatoms. The highest BCUT2D eigenvalue weighted by Crippen LogP contribution is 2.42. The predicted molar refractivity (Wildman–Crippen MR) is 247 cm³/mol. The second kappa shape index (κ2) is 16.9. The minimum atomic E-state index is 0.534. The van der Waals surface area contributed by atoms with Gasteiger partial charge in [-0.1, -0.05) is 200 Å². The Morgan fingerprint density at radius 2 is 0.581 bits per heavy atom. The molecular weight excluding hydrogens is 759 g/mol. The first-order chi connectivity index (χ1) is 30.7. The molecule has 0 N–H and O–H groups in total. The summed E-state index contributed by atoms with van der Waals surface area (Å²) >= 11 is 0. The van der Waals surface area contributed by atoms with Crippen LogP contribution >= 0.6 is 0 Å². The molecule has 0 saturated carbocycles. The number of benzene rings is 8. The summed E-state index contributed by atoms with van der Waals surface area (Å²) in [6.07, 6.45) is 0. The summed E-state index contributed by atoms with van der Waals surface area (Å²) in [7, 11) is 0. The van der Waals surface area contributed by atoms with E-state index in [-0.39, 0.29) is 0 Å². The Morgan fingerprint density at radius 3 is 1.03 bits per heavy atom. The zero-order chi connectivity index (χ0) is 41.7. The van der Waals surface area contributed by atoms with Gasteiger partial charge in [0.2, 0.25) is 0 Å². The number of nitriles is 1. The van der Waals surface area contributed by atoms with Gasteiger partial charge in [0.25, 0.3) is 0 Å². The van der Waals surface area contributed by atoms with Gasteiger partial charge < -0.3 is 0 Å². The van der Waals surface area contributed by atoms with E-state index in [1.165, 1.54) is 0 Å². The van der Waals surface area contributed by atoms with Crippen molar-refractivity contribution in [2.75, 3.05) is 0 Å². The summed E-state index contributed by atoms with van der Waals surface area (Å²) in [6, 6.07) is 72.8. The van der Waals surface area contributed by atoms with E-state index in [9.17, 15) is 5.26 Å². The zero-order valence-electron chi connectivity index (χ0n) is 33.3. The topological polar surface area (TPSA) is 101 Å². The highest BCUT2D eigenvalue weighted by molar-refractivity contribution is 5.94. The number of hydrogen-bond donors (Lipinski definition) is 0. The van der Waals surface area contributed by atoms with Gasteiger partial charge in [0.15, 0.2) is 34.9 Å². The lowest BCUT2D eigenvalue weighted by molar-refractivity contribution is 1.07. The highest BCUT2D eigenvalue weighted by atomic mass is 15.0. The SMILES string of the molecule is N#Cc1cccc(-c2ccccc2-c2nc(-c3ccccc3)nc(-c3ccccc3)n2)c1-c1cccc(-c2ccccc2-c2nc(-c3ccccc3)nc(-c3ccccc3)n2)c1. The molecule has 2 aromatic heterocycles. The Bertz CT molecular complexity index is 3120. The van der Waals surface area contributed by atoms with Crippen LogP contribution in [0.25, 0.3) is 102 Å². The molecule has 10 rings (SSSR count). The standard InChI is InChI=1S/C55H35N7/c56-36-43-29-18-34-46(45-31-14-16-33-48(45)55-61-52(39-23-9-3-10-24-39)58-53(62-55)40-25-11-4-12-26-40)49(43)42-28-17-27-41(35-42)44-30-13-15-32-47(44)54-59-50(37-19-5-1-6-20-37)57-51(60-54)38-21-7-2-8-22-38/h1-35H. The Morgan fingerprint density at radius 1 is 0.258 bits per heavy atom. The molecule has 10 aromatic rings. The number of aromatic nitrogens is 6. The summed E-state index contributed by atoms with van der Waals surface area (Å²) < 4.78 is 0. The maximum Gasteiger partial charge on any atom is 0.164 e. The van der Waals surface area contributed by atoms with Gasteiger partial charge in [0, 0.05) is 38.9 Å². The molecule has 0 aliphatic carbocycles. The molecule has 8 aromatic carbocycles. The molecule has 290 valence electrons. The summed E-state index contributed by atoms with van der Waals surface area (Å²) in [5.74, 6) is 3.43. The smallest absolute Gasteiger partial charge is 0.164 e. The quantitative estimate of drug-likeness (QED) is 0.143. The van der Waals surface area contributed by atoms with Gasteiger partial charge >= 0.3 is 0 Å². The first-order valence-corrected chi connectivity index (χ1v) is 20.3. The first-order valence-electron chi connectivity index (χ1n) is 20.3. The number of hydrogen-bond acceptors (Lipinski definition) is 7. The molecular formula is C55H35N7. The lowest BCUT2D eigenvalue weighted by atomic mass is 9.87. The van der Waals surface area contributed by atoms with Crippen LogP contribution in [0, 0.1) is 11.3 Å². The van der Waals surface area contributed by atoms with Crippen LogP contribution in [0.4, 0.5) is 0 Å². The normalized spacial score (nSPS) is 10.9. The van der Waals surface area contributed by atoms with Gasteiger partial charge in [0.1, 0.15) is 0 Å². The van der Waals surface area contributed by atoms with Crippen molar-refractivity contribution in [3.63, 3.8) is 0 Å². The number of nitrogens with zero attached hydrogens (tertiary/aromatic N) is 7. The largest absolute Gasteiger partial charge is 0.208 e. The van der Waals surface area contributed by atoms with Crippen molar-refractivity contribution < 1.29 is 0 Å². The Balaban J connectivity index is 1.12. The zero-order valence-corrected chi connectivity index (χ0v) is 33.3. The van der Waals surface area contributed by atoms with Crippen LogP contribution in [-0.2, 0) is 0 Å².